The zero-order valence-electron chi connectivity index (χ0n) is 15.7. The lowest BCUT2D eigenvalue weighted by Gasteiger charge is -2.22. The predicted molar refractivity (Wildman–Crippen MR) is 118 cm³/mol. The molecule has 0 radical (unpaired) electrons. The van der Waals surface area contributed by atoms with Gasteiger partial charge in [-0.3, -0.25) is 9.98 Å². The van der Waals surface area contributed by atoms with E-state index in [0.717, 1.165) is 31.4 Å². The molecule has 0 bridgehead atoms. The molecule has 1 saturated heterocycles. The highest BCUT2D eigenvalue weighted by atomic mass is 127. The van der Waals surface area contributed by atoms with E-state index in [9.17, 15) is 8.42 Å². The van der Waals surface area contributed by atoms with Crippen LogP contribution in [0.1, 0.15) is 25.0 Å². The van der Waals surface area contributed by atoms with Crippen molar-refractivity contribution < 1.29 is 13.2 Å². The van der Waals surface area contributed by atoms with Crippen molar-refractivity contribution in [3.63, 3.8) is 0 Å². The van der Waals surface area contributed by atoms with Crippen LogP contribution in [0.5, 0.6) is 0 Å². The molecule has 1 aliphatic heterocycles. The number of hydrogen-bond donors (Lipinski definition) is 3. The van der Waals surface area contributed by atoms with Crippen LogP contribution in [0.4, 0.5) is 0 Å². The fourth-order valence-corrected chi connectivity index (χ4v) is 3.59. The number of nitrogens with zero attached hydrogens (tertiary/aromatic N) is 2. The van der Waals surface area contributed by atoms with Crippen LogP contribution in [0.25, 0.3) is 0 Å². The molecule has 27 heavy (non-hydrogen) atoms. The number of guanidine groups is 1. The molecule has 2 heterocycles. The standard InChI is InChI=1S/C17H29N5O3S.HI/c1-18-17(20-10-8-15-6-2-4-9-19-15)21-11-13-26(23,24)22-14-16-7-3-5-12-25-16;/h2,4,6,9,16,22H,3,5,7-8,10-14H2,1H3,(H2,18,20,21);1H. The van der Waals surface area contributed by atoms with Crippen molar-refractivity contribution in [2.24, 2.45) is 4.99 Å². The van der Waals surface area contributed by atoms with Crippen LogP contribution in [0, 0.1) is 0 Å². The van der Waals surface area contributed by atoms with Crippen molar-refractivity contribution in [3.8, 4) is 0 Å². The smallest absolute Gasteiger partial charge is 0.213 e. The summed E-state index contributed by atoms with van der Waals surface area (Å²) in [4.78, 5) is 8.35. The number of aliphatic imine (C=N–C) groups is 1. The Balaban J connectivity index is 0.00000364. The topological polar surface area (TPSA) is 105 Å². The maximum Gasteiger partial charge on any atom is 0.213 e. The fraction of sp³-hybridized carbons (Fsp3) is 0.647. The second-order valence-corrected chi connectivity index (χ2v) is 8.08. The van der Waals surface area contributed by atoms with Crippen molar-refractivity contribution in [2.75, 3.05) is 39.0 Å². The van der Waals surface area contributed by atoms with Crippen molar-refractivity contribution in [1.82, 2.24) is 20.3 Å². The molecular weight excluding hydrogens is 481 g/mol. The molecule has 2 rings (SSSR count). The van der Waals surface area contributed by atoms with Crippen molar-refractivity contribution in [1.29, 1.82) is 0 Å². The Labute approximate surface area is 179 Å². The molecule has 1 fully saturated rings. The molecule has 0 amide bonds. The Morgan fingerprint density at radius 1 is 1.30 bits per heavy atom. The Kier molecular flexibility index (Phi) is 11.8. The number of halogens is 1. The van der Waals surface area contributed by atoms with Crippen LogP contribution in [0.2, 0.25) is 0 Å². The average molecular weight is 511 g/mol. The van der Waals surface area contributed by atoms with Crippen LogP contribution in [0.3, 0.4) is 0 Å². The summed E-state index contributed by atoms with van der Waals surface area (Å²) in [5.74, 6) is 0.562. The van der Waals surface area contributed by atoms with Gasteiger partial charge in [0.25, 0.3) is 0 Å². The predicted octanol–water partition coefficient (Wildman–Crippen LogP) is 0.896. The first-order valence-electron chi connectivity index (χ1n) is 9.02. The highest BCUT2D eigenvalue weighted by Crippen LogP contribution is 2.11. The van der Waals surface area contributed by atoms with E-state index in [1.165, 1.54) is 0 Å². The largest absolute Gasteiger partial charge is 0.377 e. The third kappa shape index (κ3) is 10.2. The minimum atomic E-state index is -3.33. The maximum absolute atomic E-state index is 12.1. The van der Waals surface area contributed by atoms with Crippen molar-refractivity contribution in [3.05, 3.63) is 30.1 Å². The summed E-state index contributed by atoms with van der Waals surface area (Å²) in [5.41, 5.74) is 0.993. The number of ether oxygens (including phenoxy) is 1. The molecular formula is C17H30IN5O3S. The number of hydrogen-bond acceptors (Lipinski definition) is 5. The Hall–Kier alpha value is -0.980. The van der Waals surface area contributed by atoms with Gasteiger partial charge in [-0.05, 0) is 31.4 Å². The van der Waals surface area contributed by atoms with E-state index < -0.39 is 10.0 Å². The summed E-state index contributed by atoms with van der Waals surface area (Å²) in [6.07, 6.45) is 5.58. The highest BCUT2D eigenvalue weighted by Gasteiger charge is 2.17. The van der Waals surface area contributed by atoms with E-state index in [1.807, 2.05) is 18.2 Å². The van der Waals surface area contributed by atoms with E-state index in [1.54, 1.807) is 13.2 Å². The lowest BCUT2D eigenvalue weighted by Crippen LogP contribution is -2.43. The minimum absolute atomic E-state index is 0. The molecule has 1 atom stereocenters. The van der Waals surface area contributed by atoms with Gasteiger partial charge in [-0.2, -0.15) is 0 Å². The zero-order chi connectivity index (χ0) is 18.7. The van der Waals surface area contributed by atoms with E-state index in [0.29, 0.717) is 25.7 Å². The summed E-state index contributed by atoms with van der Waals surface area (Å²) >= 11 is 0. The number of pyridine rings is 1. The van der Waals surface area contributed by atoms with E-state index in [-0.39, 0.29) is 42.4 Å². The molecule has 1 unspecified atom stereocenters. The number of rotatable bonds is 9. The average Bonchev–Trinajstić information content (AvgIpc) is 2.67. The Morgan fingerprint density at radius 2 is 2.11 bits per heavy atom. The van der Waals surface area contributed by atoms with Gasteiger partial charge in [0.2, 0.25) is 10.0 Å². The van der Waals surface area contributed by atoms with E-state index in [4.69, 9.17) is 4.74 Å². The van der Waals surface area contributed by atoms with Gasteiger partial charge in [-0.1, -0.05) is 6.07 Å². The lowest BCUT2D eigenvalue weighted by molar-refractivity contribution is 0.0200. The molecule has 0 aromatic carbocycles. The Bertz CT molecular complexity index is 652. The summed E-state index contributed by atoms with van der Waals surface area (Å²) in [7, 11) is -1.68. The minimum Gasteiger partial charge on any atom is -0.377 e. The number of nitrogens with one attached hydrogen (secondary N) is 3. The molecule has 154 valence electrons. The SMILES string of the molecule is CN=C(NCCc1ccccn1)NCCS(=O)(=O)NCC1CCCCO1.I. The van der Waals surface area contributed by atoms with Gasteiger partial charge in [-0.15, -0.1) is 24.0 Å². The first kappa shape index (κ1) is 24.1. The summed E-state index contributed by atoms with van der Waals surface area (Å²) in [6, 6.07) is 5.80. The zero-order valence-corrected chi connectivity index (χ0v) is 18.8. The molecule has 8 nitrogen and oxygen atoms in total. The van der Waals surface area contributed by atoms with Crippen LogP contribution >= 0.6 is 24.0 Å². The number of aromatic nitrogens is 1. The van der Waals surface area contributed by atoms with Crippen molar-refractivity contribution in [2.45, 2.75) is 31.8 Å². The first-order valence-corrected chi connectivity index (χ1v) is 10.7. The van der Waals surface area contributed by atoms with Gasteiger partial charge in [0.05, 0.1) is 11.9 Å². The van der Waals surface area contributed by atoms with Gasteiger partial charge in [0, 0.05) is 51.6 Å². The maximum atomic E-state index is 12.1. The lowest BCUT2D eigenvalue weighted by atomic mass is 10.1. The molecule has 1 aromatic rings. The number of sulfonamides is 1. The highest BCUT2D eigenvalue weighted by molar-refractivity contribution is 14.0. The second kappa shape index (κ2) is 13.2. The van der Waals surface area contributed by atoms with Gasteiger partial charge in [0.15, 0.2) is 5.96 Å². The first-order chi connectivity index (χ1) is 12.6. The summed E-state index contributed by atoms with van der Waals surface area (Å²) in [5, 5.41) is 6.17. The molecule has 3 N–H and O–H groups in total. The molecule has 10 heteroatoms. The van der Waals surface area contributed by atoms with Gasteiger partial charge < -0.3 is 15.4 Å². The van der Waals surface area contributed by atoms with Crippen molar-refractivity contribution >= 4 is 40.0 Å². The molecule has 1 aliphatic rings. The molecule has 0 spiro atoms. The third-order valence-electron chi connectivity index (χ3n) is 4.09. The van der Waals surface area contributed by atoms with Crippen LogP contribution in [-0.4, -0.2) is 64.5 Å². The third-order valence-corrected chi connectivity index (χ3v) is 5.44. The fourth-order valence-electron chi connectivity index (χ4n) is 2.64. The normalized spacial score (nSPS) is 17.8. The van der Waals surface area contributed by atoms with E-state index in [2.05, 4.69) is 25.3 Å². The summed E-state index contributed by atoms with van der Waals surface area (Å²) in [6.45, 7) is 2.01. The second-order valence-electron chi connectivity index (χ2n) is 6.15. The summed E-state index contributed by atoms with van der Waals surface area (Å²) < 4.78 is 32.3. The van der Waals surface area contributed by atoms with E-state index >= 15 is 0 Å². The Morgan fingerprint density at radius 3 is 2.78 bits per heavy atom. The molecule has 0 saturated carbocycles. The van der Waals surface area contributed by atoms with Gasteiger partial charge >= 0.3 is 0 Å². The van der Waals surface area contributed by atoms with Crippen LogP contribution < -0.4 is 15.4 Å². The molecule has 1 aromatic heterocycles. The molecule has 0 aliphatic carbocycles. The monoisotopic (exact) mass is 511 g/mol. The van der Waals surface area contributed by atoms with Gasteiger partial charge in [0.1, 0.15) is 0 Å². The van der Waals surface area contributed by atoms with Crippen LogP contribution in [-0.2, 0) is 21.2 Å². The quantitative estimate of drug-likeness (QED) is 0.259. The van der Waals surface area contributed by atoms with Crippen LogP contribution in [0.15, 0.2) is 29.4 Å². The van der Waals surface area contributed by atoms with Gasteiger partial charge in [-0.25, -0.2) is 13.1 Å².